The molecule has 0 aromatic carbocycles. The quantitative estimate of drug-likeness (QED) is 0.808. The van der Waals surface area contributed by atoms with E-state index in [4.69, 9.17) is 16.7 Å². The summed E-state index contributed by atoms with van der Waals surface area (Å²) in [7, 11) is 0. The van der Waals surface area contributed by atoms with Crippen molar-refractivity contribution >= 4 is 17.6 Å². The highest BCUT2D eigenvalue weighted by Gasteiger charge is 2.62. The van der Waals surface area contributed by atoms with Gasteiger partial charge in [0.2, 0.25) is 0 Å². The maximum atomic E-state index is 11.1. The van der Waals surface area contributed by atoms with Crippen LogP contribution >= 0.6 is 11.6 Å². The predicted molar refractivity (Wildman–Crippen MR) is 61.6 cm³/mol. The third kappa shape index (κ3) is 1.59. The minimum absolute atomic E-state index is 0.0495. The van der Waals surface area contributed by atoms with Gasteiger partial charge in [-0.25, -0.2) is 4.98 Å². The van der Waals surface area contributed by atoms with Crippen molar-refractivity contribution in [3.8, 4) is 0 Å². The number of carboxylic acids is 1. The molecule has 1 aliphatic rings. The summed E-state index contributed by atoms with van der Waals surface area (Å²) in [5, 5.41) is 9.58. The highest BCUT2D eigenvalue weighted by molar-refractivity contribution is 6.30. The summed E-state index contributed by atoms with van der Waals surface area (Å²) >= 11 is 5.85. The van der Waals surface area contributed by atoms with Gasteiger partial charge in [0.05, 0.1) is 5.92 Å². The Balaban J connectivity index is 2.33. The van der Waals surface area contributed by atoms with E-state index in [1.165, 1.54) is 0 Å². The first-order chi connectivity index (χ1) is 7.35. The maximum Gasteiger partial charge on any atom is 0.307 e. The van der Waals surface area contributed by atoms with Crippen molar-refractivity contribution < 1.29 is 9.90 Å². The highest BCUT2D eigenvalue weighted by atomic mass is 35.5. The molecule has 3 nitrogen and oxygen atoms in total. The first kappa shape index (κ1) is 11.4. The van der Waals surface area contributed by atoms with Crippen LogP contribution in [-0.2, 0) is 4.79 Å². The van der Waals surface area contributed by atoms with Gasteiger partial charge in [-0.15, -0.1) is 0 Å². The fourth-order valence-electron chi connectivity index (χ4n) is 2.47. The largest absolute Gasteiger partial charge is 0.481 e. The number of hydrogen-bond donors (Lipinski definition) is 1. The summed E-state index contributed by atoms with van der Waals surface area (Å²) in [4.78, 5) is 15.1. The molecule has 1 fully saturated rings. The average Bonchev–Trinajstić information content (AvgIpc) is 2.74. The summed E-state index contributed by atoms with van der Waals surface area (Å²) in [6, 6.07) is 1.94. The zero-order valence-corrected chi connectivity index (χ0v) is 10.2. The van der Waals surface area contributed by atoms with Gasteiger partial charge in [0.1, 0.15) is 5.15 Å². The molecule has 1 aliphatic carbocycles. The van der Waals surface area contributed by atoms with E-state index in [0.717, 1.165) is 11.1 Å². The maximum absolute atomic E-state index is 11.1. The monoisotopic (exact) mass is 239 g/mol. The minimum atomic E-state index is -0.734. The third-order valence-electron chi connectivity index (χ3n) is 3.49. The topological polar surface area (TPSA) is 50.2 Å². The second-order valence-electron chi connectivity index (χ2n) is 4.99. The predicted octanol–water partition coefficient (Wildman–Crippen LogP) is 2.87. The smallest absolute Gasteiger partial charge is 0.307 e. The average molecular weight is 240 g/mol. The molecule has 1 N–H and O–H groups in total. The van der Waals surface area contributed by atoms with Crippen molar-refractivity contribution in [3.63, 3.8) is 0 Å². The lowest BCUT2D eigenvalue weighted by molar-refractivity contribution is -0.139. The van der Waals surface area contributed by atoms with E-state index < -0.39 is 5.97 Å². The Morgan fingerprint density at radius 1 is 1.56 bits per heavy atom. The Kier molecular flexibility index (Phi) is 2.46. The van der Waals surface area contributed by atoms with Gasteiger partial charge in [-0.2, -0.15) is 0 Å². The highest BCUT2D eigenvalue weighted by Crippen LogP contribution is 2.64. The number of hydrogen-bond acceptors (Lipinski definition) is 2. The zero-order valence-electron chi connectivity index (χ0n) is 9.49. The van der Waals surface area contributed by atoms with Gasteiger partial charge < -0.3 is 5.11 Å². The normalized spacial score (nSPS) is 26.5. The number of rotatable bonds is 2. The number of aromatic nitrogens is 1. The molecule has 2 rings (SSSR count). The van der Waals surface area contributed by atoms with Gasteiger partial charge in [0.15, 0.2) is 0 Å². The van der Waals surface area contributed by atoms with Crippen molar-refractivity contribution in [2.75, 3.05) is 0 Å². The summed E-state index contributed by atoms with van der Waals surface area (Å²) in [6.45, 7) is 5.82. The fourth-order valence-corrected chi connectivity index (χ4v) is 2.57. The van der Waals surface area contributed by atoms with Crippen LogP contribution in [0.15, 0.2) is 12.3 Å². The van der Waals surface area contributed by atoms with E-state index in [1.807, 2.05) is 26.8 Å². The summed E-state index contributed by atoms with van der Waals surface area (Å²) in [5.74, 6) is -0.994. The molecule has 86 valence electrons. The lowest BCUT2D eigenvalue weighted by Gasteiger charge is -2.04. The molecular formula is C12H14ClNO2. The van der Waals surface area contributed by atoms with Crippen LogP contribution in [0.1, 0.15) is 30.9 Å². The first-order valence-corrected chi connectivity index (χ1v) is 5.58. The van der Waals surface area contributed by atoms with Gasteiger partial charge in [0, 0.05) is 12.1 Å². The lowest BCUT2D eigenvalue weighted by Crippen LogP contribution is -2.03. The molecule has 0 aliphatic heterocycles. The molecule has 2 unspecified atom stereocenters. The van der Waals surface area contributed by atoms with E-state index in [1.54, 1.807) is 6.20 Å². The number of nitrogens with zero attached hydrogens (tertiary/aromatic N) is 1. The third-order valence-corrected chi connectivity index (χ3v) is 3.88. The molecule has 1 aromatic heterocycles. The Hall–Kier alpha value is -1.09. The van der Waals surface area contributed by atoms with Crippen LogP contribution in [0.2, 0.25) is 5.15 Å². The molecule has 1 aromatic rings. The van der Waals surface area contributed by atoms with Crippen LogP contribution in [-0.4, -0.2) is 16.1 Å². The van der Waals surface area contributed by atoms with Crippen molar-refractivity contribution in [1.82, 2.24) is 4.98 Å². The first-order valence-electron chi connectivity index (χ1n) is 5.20. The van der Waals surface area contributed by atoms with Crippen LogP contribution in [0.25, 0.3) is 0 Å². The number of carboxylic acid groups (broad SMARTS) is 1. The number of halogens is 1. The van der Waals surface area contributed by atoms with Crippen molar-refractivity contribution in [1.29, 1.82) is 0 Å². The summed E-state index contributed by atoms with van der Waals surface area (Å²) < 4.78 is 0. The van der Waals surface area contributed by atoms with Crippen LogP contribution < -0.4 is 0 Å². The molecule has 0 spiro atoms. The van der Waals surface area contributed by atoms with Gasteiger partial charge in [-0.05, 0) is 23.5 Å². The molecule has 0 bridgehead atoms. The second-order valence-corrected chi connectivity index (χ2v) is 5.35. The number of carbonyl (C=O) groups is 1. The molecule has 4 heteroatoms. The SMILES string of the molecule is Cc1cc(C2C(C(=O)O)C2(C)C)cnc1Cl. The molecule has 1 heterocycles. The van der Waals surface area contributed by atoms with E-state index in [-0.39, 0.29) is 17.3 Å². The van der Waals surface area contributed by atoms with Crippen molar-refractivity contribution in [3.05, 3.63) is 28.5 Å². The standard InChI is InChI=1S/C12H14ClNO2/c1-6-4-7(5-14-10(6)13)8-9(11(15)16)12(8,2)3/h4-5,8-9H,1-3H3,(H,15,16). The second kappa shape index (κ2) is 3.45. The number of pyridine rings is 1. The number of aliphatic carboxylic acids is 1. The van der Waals surface area contributed by atoms with Crippen molar-refractivity contribution in [2.45, 2.75) is 26.7 Å². The Morgan fingerprint density at radius 2 is 2.19 bits per heavy atom. The molecule has 0 radical (unpaired) electrons. The minimum Gasteiger partial charge on any atom is -0.481 e. The van der Waals surface area contributed by atoms with E-state index in [9.17, 15) is 4.79 Å². The Labute approximate surface area is 99.5 Å². The number of aryl methyl sites for hydroxylation is 1. The molecule has 16 heavy (non-hydrogen) atoms. The molecule has 2 atom stereocenters. The molecule has 1 saturated carbocycles. The van der Waals surface area contributed by atoms with E-state index in [0.29, 0.717) is 5.15 Å². The van der Waals surface area contributed by atoms with Crippen LogP contribution in [0.4, 0.5) is 0 Å². The Bertz CT molecular complexity index is 456. The van der Waals surface area contributed by atoms with Gasteiger partial charge in [-0.3, -0.25) is 4.79 Å². The molecule has 0 saturated heterocycles. The van der Waals surface area contributed by atoms with Crippen LogP contribution in [0.5, 0.6) is 0 Å². The van der Waals surface area contributed by atoms with E-state index >= 15 is 0 Å². The van der Waals surface area contributed by atoms with Crippen LogP contribution in [0, 0.1) is 18.3 Å². The molecular weight excluding hydrogens is 226 g/mol. The van der Waals surface area contributed by atoms with Gasteiger partial charge in [0.25, 0.3) is 0 Å². The van der Waals surface area contributed by atoms with Gasteiger partial charge in [-0.1, -0.05) is 31.5 Å². The Morgan fingerprint density at radius 3 is 2.62 bits per heavy atom. The molecule has 0 amide bonds. The lowest BCUT2D eigenvalue weighted by atomic mass is 10.0. The fraction of sp³-hybridized carbons (Fsp3) is 0.500. The summed E-state index contributed by atoms with van der Waals surface area (Å²) in [6.07, 6.45) is 1.69. The zero-order chi connectivity index (χ0) is 12.1. The summed E-state index contributed by atoms with van der Waals surface area (Å²) in [5.41, 5.74) is 1.68. The van der Waals surface area contributed by atoms with Gasteiger partial charge >= 0.3 is 5.97 Å². The van der Waals surface area contributed by atoms with E-state index in [2.05, 4.69) is 4.98 Å². The van der Waals surface area contributed by atoms with Crippen molar-refractivity contribution in [2.24, 2.45) is 11.3 Å². The van der Waals surface area contributed by atoms with Crippen LogP contribution in [0.3, 0.4) is 0 Å².